The van der Waals surface area contributed by atoms with Crippen molar-refractivity contribution in [3.8, 4) is 11.5 Å². The standard InChI is InChI=1S/C29H31NO3S/c1-19(22-13-9-11-20-10-5-6-12-23(20)22)30-26-14-7-8-17-29(26,27(34-4)28(30)31)21-15-16-24(32-2)25(18-21)33-3/h5-6,9-16,18-19,27H,7-8,17H2,1-4H3/t19-,27?,29+/m1/s1. The Morgan fingerprint density at radius 2 is 1.79 bits per heavy atom. The number of thioether (sulfide) groups is 1. The van der Waals surface area contributed by atoms with Crippen LogP contribution in [0.3, 0.4) is 0 Å². The molecule has 3 aromatic carbocycles. The van der Waals surface area contributed by atoms with E-state index in [1.54, 1.807) is 26.0 Å². The number of ether oxygens (including phenoxy) is 2. The maximum atomic E-state index is 14.1. The minimum atomic E-state index is -0.382. The van der Waals surface area contributed by atoms with Gasteiger partial charge in [-0.1, -0.05) is 54.6 Å². The zero-order valence-corrected chi connectivity index (χ0v) is 21.0. The van der Waals surface area contributed by atoms with Crippen LogP contribution in [-0.4, -0.2) is 36.5 Å². The molecule has 0 saturated carbocycles. The predicted molar refractivity (Wildman–Crippen MR) is 140 cm³/mol. The molecule has 1 fully saturated rings. The Balaban J connectivity index is 1.67. The first-order chi connectivity index (χ1) is 16.6. The van der Waals surface area contributed by atoms with Crippen molar-refractivity contribution in [2.45, 2.75) is 42.9 Å². The lowest BCUT2D eigenvalue weighted by Gasteiger charge is -2.39. The Morgan fingerprint density at radius 3 is 2.56 bits per heavy atom. The van der Waals surface area contributed by atoms with Crippen LogP contribution in [0.5, 0.6) is 11.5 Å². The number of fused-ring (bicyclic) bond motifs is 2. The fourth-order valence-corrected chi connectivity index (χ4v) is 7.07. The van der Waals surface area contributed by atoms with Gasteiger partial charge in [0.15, 0.2) is 11.5 Å². The van der Waals surface area contributed by atoms with Crippen LogP contribution in [0.4, 0.5) is 0 Å². The maximum absolute atomic E-state index is 14.1. The zero-order chi connectivity index (χ0) is 23.9. The molecule has 1 unspecified atom stereocenters. The first-order valence-corrected chi connectivity index (χ1v) is 13.1. The third-order valence-corrected chi connectivity index (χ3v) is 8.61. The van der Waals surface area contributed by atoms with E-state index in [9.17, 15) is 4.79 Å². The van der Waals surface area contributed by atoms with Gasteiger partial charge in [-0.3, -0.25) is 4.79 Å². The summed E-state index contributed by atoms with van der Waals surface area (Å²) in [5.74, 6) is 1.60. The molecule has 3 aromatic rings. The van der Waals surface area contributed by atoms with E-state index < -0.39 is 0 Å². The summed E-state index contributed by atoms with van der Waals surface area (Å²) in [7, 11) is 3.32. The Labute approximate surface area is 205 Å². The molecule has 0 spiro atoms. The summed E-state index contributed by atoms with van der Waals surface area (Å²) in [6.45, 7) is 2.16. The van der Waals surface area contributed by atoms with Gasteiger partial charge in [0, 0.05) is 5.70 Å². The van der Waals surface area contributed by atoms with Gasteiger partial charge < -0.3 is 14.4 Å². The van der Waals surface area contributed by atoms with Crippen LogP contribution in [0.25, 0.3) is 10.8 Å². The van der Waals surface area contributed by atoms with Crippen molar-refractivity contribution in [2.75, 3.05) is 20.5 Å². The quantitative estimate of drug-likeness (QED) is 0.410. The number of nitrogens with zero attached hydrogens (tertiary/aromatic N) is 1. The van der Waals surface area contributed by atoms with Gasteiger partial charge >= 0.3 is 0 Å². The van der Waals surface area contributed by atoms with Gasteiger partial charge in [0.1, 0.15) is 0 Å². The van der Waals surface area contributed by atoms with Crippen LogP contribution in [0, 0.1) is 0 Å². The molecule has 0 N–H and O–H groups in total. The molecule has 5 heteroatoms. The number of carbonyl (C=O) groups excluding carboxylic acids is 1. The number of hydrogen-bond acceptors (Lipinski definition) is 4. The van der Waals surface area contributed by atoms with Crippen LogP contribution in [-0.2, 0) is 10.2 Å². The lowest BCUT2D eigenvalue weighted by atomic mass is 9.70. The lowest BCUT2D eigenvalue weighted by molar-refractivity contribution is -0.127. The molecule has 0 bridgehead atoms. The molecule has 1 aliphatic carbocycles. The lowest BCUT2D eigenvalue weighted by Crippen LogP contribution is -2.38. The van der Waals surface area contributed by atoms with E-state index in [0.717, 1.165) is 30.5 Å². The van der Waals surface area contributed by atoms with Gasteiger partial charge in [-0.2, -0.15) is 11.8 Å². The fraction of sp³-hybridized carbons (Fsp3) is 0.345. The number of amides is 1. The highest BCUT2D eigenvalue weighted by Gasteiger charge is 2.58. The van der Waals surface area contributed by atoms with Gasteiger partial charge in [-0.25, -0.2) is 0 Å². The van der Waals surface area contributed by atoms with Crippen LogP contribution in [0.1, 0.15) is 43.4 Å². The van der Waals surface area contributed by atoms with Crippen molar-refractivity contribution in [1.29, 1.82) is 0 Å². The molecular formula is C29H31NO3S. The van der Waals surface area contributed by atoms with E-state index in [0.29, 0.717) is 11.5 Å². The second-order valence-electron chi connectivity index (χ2n) is 9.09. The normalized spacial score (nSPS) is 22.9. The van der Waals surface area contributed by atoms with Crippen LogP contribution in [0.15, 0.2) is 72.4 Å². The molecule has 1 heterocycles. The number of allylic oxidation sites excluding steroid dienone is 2. The number of benzene rings is 3. The van der Waals surface area contributed by atoms with Gasteiger partial charge in [-0.15, -0.1) is 0 Å². The van der Waals surface area contributed by atoms with Crippen molar-refractivity contribution < 1.29 is 14.3 Å². The van der Waals surface area contributed by atoms with Crippen molar-refractivity contribution in [3.63, 3.8) is 0 Å². The molecule has 3 atom stereocenters. The SMILES string of the molecule is COc1ccc([C@@]23CCCC=C2N([C@H](C)c2cccc4ccccc24)C(=O)C3SC)cc1OC. The number of likely N-dealkylation sites (tertiary alicyclic amines) is 1. The fourth-order valence-electron chi connectivity index (χ4n) is 5.98. The van der Waals surface area contributed by atoms with E-state index >= 15 is 0 Å². The highest BCUT2D eigenvalue weighted by Crippen LogP contribution is 2.56. The molecule has 5 rings (SSSR count). The Kier molecular flexibility index (Phi) is 6.07. The molecule has 1 saturated heterocycles. The Morgan fingerprint density at radius 1 is 1.03 bits per heavy atom. The van der Waals surface area contributed by atoms with Crippen molar-refractivity contribution >= 4 is 28.4 Å². The van der Waals surface area contributed by atoms with E-state index in [2.05, 4.69) is 78.8 Å². The second-order valence-corrected chi connectivity index (χ2v) is 10.0. The number of rotatable bonds is 6. The average Bonchev–Trinajstić information content (AvgIpc) is 3.15. The first-order valence-electron chi connectivity index (χ1n) is 11.8. The third-order valence-electron chi connectivity index (χ3n) is 7.53. The number of hydrogen-bond donors (Lipinski definition) is 0. The topological polar surface area (TPSA) is 38.8 Å². The summed E-state index contributed by atoms with van der Waals surface area (Å²) >= 11 is 1.66. The van der Waals surface area contributed by atoms with Crippen molar-refractivity contribution in [3.05, 3.63) is 83.6 Å². The molecule has 1 amide bonds. The molecule has 1 aliphatic heterocycles. The number of methoxy groups -OCH3 is 2. The summed E-state index contributed by atoms with van der Waals surface area (Å²) < 4.78 is 11.1. The molecule has 34 heavy (non-hydrogen) atoms. The number of carbonyl (C=O) groups is 1. The van der Waals surface area contributed by atoms with Crippen LogP contribution in [0.2, 0.25) is 0 Å². The average molecular weight is 474 g/mol. The summed E-state index contributed by atoms with van der Waals surface area (Å²) in [6.07, 6.45) is 7.33. The summed E-state index contributed by atoms with van der Waals surface area (Å²) in [4.78, 5) is 16.2. The second kappa shape index (κ2) is 9.03. The smallest absolute Gasteiger partial charge is 0.241 e. The molecular weight excluding hydrogens is 442 g/mol. The molecule has 2 aliphatic rings. The summed E-state index contributed by atoms with van der Waals surface area (Å²) in [5, 5.41) is 2.21. The minimum absolute atomic E-state index is 0.0698. The van der Waals surface area contributed by atoms with Gasteiger partial charge in [0.2, 0.25) is 5.91 Å². The van der Waals surface area contributed by atoms with Gasteiger partial charge in [0.25, 0.3) is 0 Å². The Hall–Kier alpha value is -2.92. The molecule has 176 valence electrons. The molecule has 4 nitrogen and oxygen atoms in total. The van der Waals surface area contributed by atoms with Crippen molar-refractivity contribution in [2.24, 2.45) is 0 Å². The van der Waals surface area contributed by atoms with Gasteiger partial charge in [0.05, 0.1) is 30.9 Å². The minimum Gasteiger partial charge on any atom is -0.493 e. The van der Waals surface area contributed by atoms with Crippen molar-refractivity contribution in [1.82, 2.24) is 4.90 Å². The van der Waals surface area contributed by atoms with Crippen LogP contribution >= 0.6 is 11.8 Å². The Bertz CT molecular complexity index is 1260. The third kappa shape index (κ3) is 3.32. The maximum Gasteiger partial charge on any atom is 0.241 e. The van der Waals surface area contributed by atoms with E-state index in [1.807, 2.05) is 6.07 Å². The van der Waals surface area contributed by atoms with Gasteiger partial charge in [-0.05, 0) is 66.5 Å². The highest BCUT2D eigenvalue weighted by atomic mass is 32.2. The highest BCUT2D eigenvalue weighted by molar-refractivity contribution is 8.00. The molecule has 0 aromatic heterocycles. The van der Waals surface area contributed by atoms with Crippen LogP contribution < -0.4 is 9.47 Å². The summed E-state index contributed by atoms with van der Waals surface area (Å²) in [5.41, 5.74) is 3.06. The van der Waals surface area contributed by atoms with E-state index in [-0.39, 0.29) is 22.6 Å². The van der Waals surface area contributed by atoms with E-state index in [4.69, 9.17) is 9.47 Å². The predicted octanol–water partition coefficient (Wildman–Crippen LogP) is 6.50. The molecule has 0 radical (unpaired) electrons. The largest absolute Gasteiger partial charge is 0.493 e. The zero-order valence-electron chi connectivity index (χ0n) is 20.2. The first kappa shape index (κ1) is 22.9. The summed E-state index contributed by atoms with van der Waals surface area (Å²) in [6, 6.07) is 20.9. The van der Waals surface area contributed by atoms with E-state index in [1.165, 1.54) is 16.3 Å². The monoisotopic (exact) mass is 473 g/mol.